The third kappa shape index (κ3) is 2.49. The highest BCUT2D eigenvalue weighted by Crippen LogP contribution is 2.16. The van der Waals surface area contributed by atoms with Gasteiger partial charge in [-0.25, -0.2) is 4.98 Å². The van der Waals surface area contributed by atoms with Gasteiger partial charge in [0.25, 0.3) is 0 Å². The van der Waals surface area contributed by atoms with Crippen LogP contribution in [-0.2, 0) is 0 Å². The molecule has 1 aromatic heterocycles. The van der Waals surface area contributed by atoms with Crippen LogP contribution < -0.4 is 5.73 Å². The summed E-state index contributed by atoms with van der Waals surface area (Å²) >= 11 is 0. The van der Waals surface area contributed by atoms with Crippen LogP contribution in [0.2, 0.25) is 0 Å². The van der Waals surface area contributed by atoms with Gasteiger partial charge in [-0.2, -0.15) is 4.39 Å². The minimum atomic E-state index is -0.410. The van der Waals surface area contributed by atoms with Gasteiger partial charge in [0.15, 0.2) is 0 Å². The Morgan fingerprint density at radius 2 is 2.31 bits per heavy atom. The fourth-order valence-electron chi connectivity index (χ4n) is 1.26. The van der Waals surface area contributed by atoms with E-state index in [1.54, 1.807) is 13.0 Å². The quantitative estimate of drug-likeness (QED) is 0.728. The van der Waals surface area contributed by atoms with E-state index in [1.165, 1.54) is 6.20 Å². The zero-order chi connectivity index (χ0) is 9.84. The number of hydrogen-bond acceptors (Lipinski definition) is 2. The molecule has 3 heteroatoms. The van der Waals surface area contributed by atoms with Crippen LogP contribution in [0.3, 0.4) is 0 Å². The lowest BCUT2D eigenvalue weighted by atomic mass is 10.0. The van der Waals surface area contributed by atoms with Crippen LogP contribution in [0.4, 0.5) is 4.39 Å². The fourth-order valence-corrected chi connectivity index (χ4v) is 1.26. The smallest absolute Gasteiger partial charge is 0.215 e. The summed E-state index contributed by atoms with van der Waals surface area (Å²) in [5.74, 6) is -0.410. The summed E-state index contributed by atoms with van der Waals surface area (Å²) in [5.41, 5.74) is 7.34. The van der Waals surface area contributed by atoms with Gasteiger partial charge in [0.1, 0.15) is 0 Å². The van der Waals surface area contributed by atoms with E-state index in [4.69, 9.17) is 5.73 Å². The molecule has 0 saturated heterocycles. The second-order valence-corrected chi connectivity index (χ2v) is 3.27. The summed E-state index contributed by atoms with van der Waals surface area (Å²) in [6.07, 6.45) is 3.45. The lowest BCUT2D eigenvalue weighted by Gasteiger charge is -2.10. The highest BCUT2D eigenvalue weighted by atomic mass is 19.1. The van der Waals surface area contributed by atoms with E-state index in [9.17, 15) is 4.39 Å². The molecule has 2 N–H and O–H groups in total. The van der Waals surface area contributed by atoms with Gasteiger partial charge in [0.2, 0.25) is 5.95 Å². The molecule has 0 amide bonds. The number of rotatable bonds is 3. The molecule has 0 aromatic carbocycles. The van der Waals surface area contributed by atoms with Crippen molar-refractivity contribution in [2.75, 3.05) is 0 Å². The Labute approximate surface area is 78.0 Å². The van der Waals surface area contributed by atoms with Crippen LogP contribution in [0, 0.1) is 12.9 Å². The molecule has 0 aliphatic carbocycles. The van der Waals surface area contributed by atoms with E-state index in [1.807, 2.05) is 0 Å². The Morgan fingerprint density at radius 3 is 2.85 bits per heavy atom. The van der Waals surface area contributed by atoms with Gasteiger partial charge < -0.3 is 5.73 Å². The maximum atomic E-state index is 12.8. The normalized spacial score (nSPS) is 12.9. The summed E-state index contributed by atoms with van der Waals surface area (Å²) in [6.45, 7) is 3.77. The van der Waals surface area contributed by atoms with Gasteiger partial charge in [0, 0.05) is 17.8 Å². The first-order valence-electron chi connectivity index (χ1n) is 4.52. The molecule has 0 fully saturated rings. The zero-order valence-corrected chi connectivity index (χ0v) is 8.05. The third-order valence-electron chi connectivity index (χ3n) is 2.06. The number of nitrogens with two attached hydrogens (primary N) is 1. The van der Waals surface area contributed by atoms with Crippen LogP contribution in [0.5, 0.6) is 0 Å². The molecule has 0 aliphatic heterocycles. The molecule has 0 bridgehead atoms. The predicted octanol–water partition coefficient (Wildman–Crippen LogP) is 2.33. The molecule has 1 heterocycles. The van der Waals surface area contributed by atoms with Crippen molar-refractivity contribution in [3.63, 3.8) is 0 Å². The molecule has 0 aliphatic rings. The summed E-state index contributed by atoms with van der Waals surface area (Å²) in [7, 11) is 0. The molecule has 72 valence electrons. The topological polar surface area (TPSA) is 38.9 Å². The number of aryl methyl sites for hydroxylation is 1. The van der Waals surface area contributed by atoms with E-state index in [2.05, 4.69) is 11.9 Å². The summed E-state index contributed by atoms with van der Waals surface area (Å²) < 4.78 is 12.8. The van der Waals surface area contributed by atoms with E-state index in [-0.39, 0.29) is 6.04 Å². The predicted molar refractivity (Wildman–Crippen MR) is 50.8 cm³/mol. The van der Waals surface area contributed by atoms with Crippen LogP contribution in [0.25, 0.3) is 0 Å². The van der Waals surface area contributed by atoms with Crippen LogP contribution in [0.15, 0.2) is 12.3 Å². The second-order valence-electron chi connectivity index (χ2n) is 3.27. The van der Waals surface area contributed by atoms with Crippen molar-refractivity contribution in [1.29, 1.82) is 0 Å². The van der Waals surface area contributed by atoms with Crippen LogP contribution in [-0.4, -0.2) is 4.98 Å². The minimum absolute atomic E-state index is 0.0169. The van der Waals surface area contributed by atoms with Gasteiger partial charge in [0.05, 0.1) is 0 Å². The molecule has 2 nitrogen and oxygen atoms in total. The first-order chi connectivity index (χ1) is 6.15. The van der Waals surface area contributed by atoms with Gasteiger partial charge in [-0.1, -0.05) is 13.3 Å². The molecular weight excluding hydrogens is 167 g/mol. The van der Waals surface area contributed by atoms with Crippen molar-refractivity contribution in [2.24, 2.45) is 5.73 Å². The van der Waals surface area contributed by atoms with E-state index < -0.39 is 5.95 Å². The molecule has 0 spiro atoms. The molecule has 1 rings (SSSR count). The standard InChI is InChI=1S/C10H15FN2/c1-3-4-9(12)8-5-7(2)10(11)13-6-8/h5-6,9H,3-4,12H2,1-2H3. The van der Waals surface area contributed by atoms with Gasteiger partial charge in [-0.3, -0.25) is 0 Å². The minimum Gasteiger partial charge on any atom is -0.324 e. The SMILES string of the molecule is CCCC(N)c1cnc(F)c(C)c1. The molecule has 1 unspecified atom stereocenters. The first-order valence-corrected chi connectivity index (χ1v) is 4.52. The third-order valence-corrected chi connectivity index (χ3v) is 2.06. The number of pyridine rings is 1. The second kappa shape index (κ2) is 4.33. The largest absolute Gasteiger partial charge is 0.324 e. The molecule has 1 atom stereocenters. The average Bonchev–Trinajstić information content (AvgIpc) is 2.10. The maximum absolute atomic E-state index is 12.8. The highest BCUT2D eigenvalue weighted by Gasteiger charge is 2.07. The van der Waals surface area contributed by atoms with Crippen molar-refractivity contribution in [2.45, 2.75) is 32.7 Å². The van der Waals surface area contributed by atoms with E-state index >= 15 is 0 Å². The van der Waals surface area contributed by atoms with Crippen molar-refractivity contribution in [3.8, 4) is 0 Å². The lowest BCUT2D eigenvalue weighted by Crippen LogP contribution is -2.10. The van der Waals surface area contributed by atoms with E-state index in [0.29, 0.717) is 5.56 Å². The molecule has 0 radical (unpaired) electrons. The van der Waals surface area contributed by atoms with E-state index in [0.717, 1.165) is 18.4 Å². The van der Waals surface area contributed by atoms with Crippen LogP contribution in [0.1, 0.15) is 36.9 Å². The summed E-state index contributed by atoms with van der Waals surface area (Å²) in [6, 6.07) is 1.75. The first kappa shape index (κ1) is 10.1. The molecular formula is C10H15FN2. The van der Waals surface area contributed by atoms with Crippen molar-refractivity contribution < 1.29 is 4.39 Å². The highest BCUT2D eigenvalue weighted by molar-refractivity contribution is 5.20. The average molecular weight is 182 g/mol. The van der Waals surface area contributed by atoms with Gasteiger partial charge in [-0.05, 0) is 25.0 Å². The Morgan fingerprint density at radius 1 is 1.62 bits per heavy atom. The Bertz CT molecular complexity index is 286. The van der Waals surface area contributed by atoms with Crippen molar-refractivity contribution in [3.05, 3.63) is 29.3 Å². The monoisotopic (exact) mass is 182 g/mol. The van der Waals surface area contributed by atoms with Crippen molar-refractivity contribution >= 4 is 0 Å². The number of nitrogens with zero attached hydrogens (tertiary/aromatic N) is 1. The lowest BCUT2D eigenvalue weighted by molar-refractivity contribution is 0.566. The van der Waals surface area contributed by atoms with Crippen molar-refractivity contribution in [1.82, 2.24) is 4.98 Å². The zero-order valence-electron chi connectivity index (χ0n) is 8.05. The van der Waals surface area contributed by atoms with Gasteiger partial charge in [-0.15, -0.1) is 0 Å². The molecule has 1 aromatic rings. The number of hydrogen-bond donors (Lipinski definition) is 1. The Balaban J connectivity index is 2.84. The maximum Gasteiger partial charge on any atom is 0.215 e. The van der Waals surface area contributed by atoms with Gasteiger partial charge >= 0.3 is 0 Å². The number of aromatic nitrogens is 1. The fraction of sp³-hybridized carbons (Fsp3) is 0.500. The Hall–Kier alpha value is -0.960. The number of halogens is 1. The summed E-state index contributed by atoms with van der Waals surface area (Å²) in [4.78, 5) is 3.64. The summed E-state index contributed by atoms with van der Waals surface area (Å²) in [5, 5.41) is 0. The Kier molecular flexibility index (Phi) is 3.37. The van der Waals surface area contributed by atoms with Crippen LogP contribution >= 0.6 is 0 Å². The molecule has 13 heavy (non-hydrogen) atoms. The molecule has 0 saturated carbocycles.